The molecule has 0 radical (unpaired) electrons. The lowest BCUT2D eigenvalue weighted by Crippen LogP contribution is -2.13. The first-order valence-electron chi connectivity index (χ1n) is 7.93. The van der Waals surface area contributed by atoms with E-state index in [1.807, 2.05) is 0 Å². The summed E-state index contributed by atoms with van der Waals surface area (Å²) in [6.07, 6.45) is -4.66. The molecule has 0 saturated carbocycles. The number of rotatable bonds is 2. The van der Waals surface area contributed by atoms with Crippen LogP contribution in [-0.4, -0.2) is 14.6 Å². The molecular weight excluding hydrogens is 434 g/mol. The Bertz CT molecular complexity index is 1190. The number of hydrogen-bond donors (Lipinski definition) is 0. The molecule has 2 heterocycles. The van der Waals surface area contributed by atoms with Crippen LogP contribution in [0.3, 0.4) is 0 Å². The molecule has 0 aliphatic rings. The van der Waals surface area contributed by atoms with Crippen molar-refractivity contribution < 1.29 is 13.2 Å². The first kappa shape index (κ1) is 19.1. The molecule has 4 aromatic rings. The minimum Gasteiger partial charge on any atom is -0.227 e. The molecule has 142 valence electrons. The molecule has 0 atom stereocenters. The van der Waals surface area contributed by atoms with Gasteiger partial charge in [0.2, 0.25) is 0 Å². The van der Waals surface area contributed by atoms with E-state index < -0.39 is 11.9 Å². The molecule has 0 spiro atoms. The van der Waals surface area contributed by atoms with Crippen molar-refractivity contribution >= 4 is 40.4 Å². The highest BCUT2D eigenvalue weighted by Gasteiger charge is 2.36. The fraction of sp³-hybridized carbons (Fsp3) is 0.0526. The second-order valence-corrected chi connectivity index (χ2v) is 7.11. The number of aromatic nitrogens is 3. The summed E-state index contributed by atoms with van der Waals surface area (Å²) < 4.78 is 41.8. The molecule has 0 aliphatic heterocycles. The van der Waals surface area contributed by atoms with Crippen LogP contribution in [0, 0.1) is 0 Å². The molecule has 0 saturated heterocycles. The van der Waals surface area contributed by atoms with E-state index in [9.17, 15) is 13.2 Å². The van der Waals surface area contributed by atoms with Crippen molar-refractivity contribution in [1.82, 2.24) is 14.6 Å². The van der Waals surface area contributed by atoms with Crippen molar-refractivity contribution in [2.24, 2.45) is 0 Å². The highest BCUT2D eigenvalue weighted by molar-refractivity contribution is 6.42. The normalized spacial score (nSPS) is 11.9. The van der Waals surface area contributed by atoms with Crippen molar-refractivity contribution in [3.8, 4) is 22.5 Å². The third-order valence-corrected chi connectivity index (χ3v) is 5.17. The summed E-state index contributed by atoms with van der Waals surface area (Å²) in [5.41, 5.74) is 0.149. The second-order valence-electron chi connectivity index (χ2n) is 5.92. The average Bonchev–Trinajstić information content (AvgIpc) is 3.00. The van der Waals surface area contributed by atoms with Gasteiger partial charge < -0.3 is 0 Å². The number of nitrogens with zero attached hydrogens (tertiary/aromatic N) is 3. The van der Waals surface area contributed by atoms with E-state index >= 15 is 0 Å². The number of halogens is 6. The Balaban J connectivity index is 2.01. The van der Waals surface area contributed by atoms with Crippen LogP contribution in [0.2, 0.25) is 15.1 Å². The Morgan fingerprint density at radius 3 is 2.18 bits per heavy atom. The van der Waals surface area contributed by atoms with Gasteiger partial charge in [-0.15, -0.1) is 0 Å². The van der Waals surface area contributed by atoms with Crippen LogP contribution in [0.5, 0.6) is 0 Å². The van der Waals surface area contributed by atoms with E-state index in [0.29, 0.717) is 20.7 Å². The smallest absolute Gasteiger partial charge is 0.227 e. The predicted octanol–water partition coefficient (Wildman–Crippen LogP) is 7.04. The zero-order valence-electron chi connectivity index (χ0n) is 13.8. The van der Waals surface area contributed by atoms with E-state index in [2.05, 4.69) is 10.1 Å². The van der Waals surface area contributed by atoms with Gasteiger partial charge in [0.1, 0.15) is 10.7 Å². The number of alkyl halides is 3. The molecular formula is C19H9Cl3F3N3. The lowest BCUT2D eigenvalue weighted by molar-refractivity contribution is -0.142. The van der Waals surface area contributed by atoms with Gasteiger partial charge in [-0.05, 0) is 18.2 Å². The van der Waals surface area contributed by atoms with E-state index in [-0.39, 0.29) is 27.1 Å². The van der Waals surface area contributed by atoms with Crippen LogP contribution in [0.1, 0.15) is 5.69 Å². The summed E-state index contributed by atoms with van der Waals surface area (Å²) in [5.74, 6) is 0. The van der Waals surface area contributed by atoms with Crippen molar-refractivity contribution in [3.05, 3.63) is 75.4 Å². The zero-order valence-corrected chi connectivity index (χ0v) is 16.1. The van der Waals surface area contributed by atoms with Crippen LogP contribution in [-0.2, 0) is 6.18 Å². The Kier molecular flexibility index (Phi) is 4.73. The maximum atomic E-state index is 13.7. The molecule has 0 fully saturated rings. The fourth-order valence-electron chi connectivity index (χ4n) is 2.78. The molecule has 0 bridgehead atoms. The second kappa shape index (κ2) is 6.95. The van der Waals surface area contributed by atoms with Gasteiger partial charge in [-0.3, -0.25) is 0 Å². The Hall–Kier alpha value is -2.28. The van der Waals surface area contributed by atoms with E-state index in [4.69, 9.17) is 34.8 Å². The van der Waals surface area contributed by atoms with E-state index in [0.717, 1.165) is 6.07 Å². The van der Waals surface area contributed by atoms with Crippen molar-refractivity contribution in [1.29, 1.82) is 0 Å². The monoisotopic (exact) mass is 441 g/mol. The summed E-state index contributed by atoms with van der Waals surface area (Å²) in [6, 6.07) is 14.1. The topological polar surface area (TPSA) is 30.2 Å². The highest BCUT2D eigenvalue weighted by Crippen LogP contribution is 2.38. The first-order chi connectivity index (χ1) is 13.3. The number of benzene rings is 2. The van der Waals surface area contributed by atoms with Crippen LogP contribution in [0.15, 0.2) is 54.6 Å². The predicted molar refractivity (Wildman–Crippen MR) is 104 cm³/mol. The Labute approximate surface area is 172 Å². The van der Waals surface area contributed by atoms with Crippen LogP contribution in [0.25, 0.3) is 28.2 Å². The quantitative estimate of drug-likeness (QED) is 0.333. The van der Waals surface area contributed by atoms with Gasteiger partial charge in [-0.1, -0.05) is 71.2 Å². The molecule has 28 heavy (non-hydrogen) atoms. The zero-order chi connectivity index (χ0) is 20.1. The van der Waals surface area contributed by atoms with Crippen molar-refractivity contribution in [2.75, 3.05) is 0 Å². The maximum absolute atomic E-state index is 13.7. The van der Waals surface area contributed by atoms with Gasteiger partial charge in [0.25, 0.3) is 0 Å². The molecule has 9 heteroatoms. The van der Waals surface area contributed by atoms with Gasteiger partial charge >= 0.3 is 6.18 Å². The summed E-state index contributed by atoms with van der Waals surface area (Å²) in [6.45, 7) is 0. The molecule has 2 aromatic carbocycles. The van der Waals surface area contributed by atoms with Gasteiger partial charge in [-0.2, -0.15) is 18.3 Å². The Morgan fingerprint density at radius 2 is 1.54 bits per heavy atom. The Morgan fingerprint density at radius 1 is 0.821 bits per heavy atom. The van der Waals surface area contributed by atoms with Gasteiger partial charge in [0.05, 0.1) is 15.7 Å². The molecule has 0 amide bonds. The summed E-state index contributed by atoms with van der Waals surface area (Å²) >= 11 is 18.3. The lowest BCUT2D eigenvalue weighted by Gasteiger charge is -2.11. The fourth-order valence-corrected chi connectivity index (χ4v) is 3.35. The molecule has 0 N–H and O–H groups in total. The molecule has 3 nitrogen and oxygen atoms in total. The summed E-state index contributed by atoms with van der Waals surface area (Å²) in [5, 5.41) is 4.59. The SMILES string of the molecule is FC(F)(F)c1cc(-c2ccccc2)nc2c(Cl)c(-c3ccc(Cl)c(Cl)c3)nn12. The molecule has 4 rings (SSSR count). The van der Waals surface area contributed by atoms with E-state index in [1.165, 1.54) is 12.1 Å². The maximum Gasteiger partial charge on any atom is 0.433 e. The van der Waals surface area contributed by atoms with Crippen LogP contribution in [0.4, 0.5) is 13.2 Å². The van der Waals surface area contributed by atoms with Crippen LogP contribution < -0.4 is 0 Å². The third-order valence-electron chi connectivity index (χ3n) is 4.09. The molecule has 2 aromatic heterocycles. The van der Waals surface area contributed by atoms with E-state index in [1.54, 1.807) is 36.4 Å². The first-order valence-corrected chi connectivity index (χ1v) is 9.06. The lowest BCUT2D eigenvalue weighted by atomic mass is 10.1. The van der Waals surface area contributed by atoms with Crippen LogP contribution >= 0.6 is 34.8 Å². The van der Waals surface area contributed by atoms with Gasteiger partial charge in [0, 0.05) is 11.1 Å². The molecule has 0 unspecified atom stereocenters. The summed E-state index contributed by atoms with van der Waals surface area (Å²) in [7, 11) is 0. The molecule has 0 aliphatic carbocycles. The number of fused-ring (bicyclic) bond motifs is 1. The van der Waals surface area contributed by atoms with Gasteiger partial charge in [0.15, 0.2) is 11.3 Å². The standard InChI is InChI=1S/C19H9Cl3F3N3/c20-12-7-6-11(8-13(12)21)17-16(22)18-26-14(10-4-2-1-3-5-10)9-15(19(23,24)25)28(18)27-17/h1-9H. The average molecular weight is 443 g/mol. The van der Waals surface area contributed by atoms with Gasteiger partial charge in [-0.25, -0.2) is 9.50 Å². The van der Waals surface area contributed by atoms with Crippen molar-refractivity contribution in [2.45, 2.75) is 6.18 Å². The minimum atomic E-state index is -4.66. The highest BCUT2D eigenvalue weighted by atomic mass is 35.5. The minimum absolute atomic E-state index is 0.0123. The summed E-state index contributed by atoms with van der Waals surface area (Å²) in [4.78, 5) is 4.31. The largest absolute Gasteiger partial charge is 0.433 e. The van der Waals surface area contributed by atoms with Crippen molar-refractivity contribution in [3.63, 3.8) is 0 Å². The number of hydrogen-bond acceptors (Lipinski definition) is 2. The third kappa shape index (κ3) is 3.32.